The van der Waals surface area contributed by atoms with E-state index in [4.69, 9.17) is 5.11 Å². The van der Waals surface area contributed by atoms with Gasteiger partial charge in [0.15, 0.2) is 0 Å². The fourth-order valence-electron chi connectivity index (χ4n) is 2.93. The van der Waals surface area contributed by atoms with Crippen LogP contribution < -0.4 is 0 Å². The smallest absolute Gasteiger partial charge is 0.306 e. The summed E-state index contributed by atoms with van der Waals surface area (Å²) in [6.45, 7) is 6.24. The van der Waals surface area contributed by atoms with Crippen LogP contribution in [0.3, 0.4) is 0 Å². The Morgan fingerprint density at radius 2 is 2.00 bits per heavy atom. The summed E-state index contributed by atoms with van der Waals surface area (Å²) >= 11 is 0. The highest BCUT2D eigenvalue weighted by atomic mass is 16.4. The molecule has 1 rings (SSSR count). The fourth-order valence-corrected chi connectivity index (χ4v) is 2.93. The van der Waals surface area contributed by atoms with Gasteiger partial charge in [0, 0.05) is 0 Å². The summed E-state index contributed by atoms with van der Waals surface area (Å²) in [5.41, 5.74) is -1.02. The van der Waals surface area contributed by atoms with E-state index in [-0.39, 0.29) is 17.8 Å². The van der Waals surface area contributed by atoms with Crippen molar-refractivity contribution in [1.82, 2.24) is 0 Å². The van der Waals surface area contributed by atoms with Gasteiger partial charge in [0.2, 0.25) is 0 Å². The Labute approximate surface area is 91.5 Å². The molecule has 1 aliphatic rings. The molecule has 1 fully saturated rings. The van der Waals surface area contributed by atoms with E-state index in [2.05, 4.69) is 20.8 Å². The van der Waals surface area contributed by atoms with Crippen LogP contribution in [0.15, 0.2) is 0 Å². The molecule has 88 valence electrons. The minimum absolute atomic E-state index is 0.0232. The number of carbonyl (C=O) groups is 1. The molecule has 0 aromatic heterocycles. The van der Waals surface area contributed by atoms with Crippen LogP contribution in [0.1, 0.15) is 52.9 Å². The van der Waals surface area contributed by atoms with Crippen LogP contribution in [-0.4, -0.2) is 21.8 Å². The molecule has 0 aromatic carbocycles. The van der Waals surface area contributed by atoms with E-state index in [1.807, 2.05) is 0 Å². The lowest BCUT2D eigenvalue weighted by Gasteiger charge is -2.46. The molecule has 1 saturated carbocycles. The van der Waals surface area contributed by atoms with E-state index in [9.17, 15) is 9.90 Å². The lowest BCUT2D eigenvalue weighted by molar-refractivity contribution is -0.151. The highest BCUT2D eigenvalue weighted by Crippen LogP contribution is 2.45. The van der Waals surface area contributed by atoms with Gasteiger partial charge in [-0.05, 0) is 24.2 Å². The van der Waals surface area contributed by atoms with E-state index in [0.717, 1.165) is 19.3 Å². The lowest BCUT2D eigenvalue weighted by Crippen LogP contribution is -2.48. The monoisotopic (exact) mass is 214 g/mol. The van der Waals surface area contributed by atoms with Gasteiger partial charge in [-0.1, -0.05) is 33.6 Å². The predicted octanol–water partition coefficient (Wildman–Crippen LogP) is 2.43. The Kier molecular flexibility index (Phi) is 3.44. The summed E-state index contributed by atoms with van der Waals surface area (Å²) in [4.78, 5) is 10.8. The van der Waals surface area contributed by atoms with Crippen molar-refractivity contribution in [2.24, 2.45) is 11.3 Å². The van der Waals surface area contributed by atoms with Gasteiger partial charge in [-0.2, -0.15) is 0 Å². The Balaban J connectivity index is 2.85. The third-order valence-corrected chi connectivity index (χ3v) is 3.50. The molecule has 15 heavy (non-hydrogen) atoms. The highest BCUT2D eigenvalue weighted by molar-refractivity contribution is 5.68. The van der Waals surface area contributed by atoms with E-state index in [1.54, 1.807) is 0 Å². The summed E-state index contributed by atoms with van der Waals surface area (Å²) in [6, 6.07) is 0. The van der Waals surface area contributed by atoms with Crippen LogP contribution in [0, 0.1) is 11.3 Å². The Hall–Kier alpha value is -0.570. The van der Waals surface area contributed by atoms with E-state index < -0.39 is 11.6 Å². The maximum absolute atomic E-state index is 10.8. The second kappa shape index (κ2) is 4.12. The average molecular weight is 214 g/mol. The lowest BCUT2D eigenvalue weighted by atomic mass is 9.63. The van der Waals surface area contributed by atoms with Gasteiger partial charge in [0.25, 0.3) is 0 Å². The largest absolute Gasteiger partial charge is 0.481 e. The van der Waals surface area contributed by atoms with Gasteiger partial charge in [-0.25, -0.2) is 0 Å². The highest BCUT2D eigenvalue weighted by Gasteiger charge is 2.45. The molecule has 0 radical (unpaired) electrons. The minimum Gasteiger partial charge on any atom is -0.481 e. The molecule has 2 N–H and O–H groups in total. The number of rotatable bonds is 2. The Morgan fingerprint density at radius 1 is 1.40 bits per heavy atom. The van der Waals surface area contributed by atoms with Crippen molar-refractivity contribution < 1.29 is 15.0 Å². The van der Waals surface area contributed by atoms with Crippen LogP contribution in [0.2, 0.25) is 0 Å². The first-order valence-corrected chi connectivity index (χ1v) is 5.70. The summed E-state index contributed by atoms with van der Waals surface area (Å²) in [5.74, 6) is -0.802. The summed E-state index contributed by atoms with van der Waals surface area (Å²) in [6.07, 6.45) is 3.49. The molecule has 0 heterocycles. The van der Waals surface area contributed by atoms with Gasteiger partial charge in [-0.15, -0.1) is 0 Å². The normalized spacial score (nSPS) is 32.7. The fraction of sp³-hybridized carbons (Fsp3) is 0.917. The SMILES string of the molecule is CC(C)(C)C1CCCCC1(O)CC(=O)O. The van der Waals surface area contributed by atoms with Crippen LogP contribution in [0.4, 0.5) is 0 Å². The summed E-state index contributed by atoms with van der Waals surface area (Å²) in [7, 11) is 0. The van der Waals surface area contributed by atoms with Crippen LogP contribution in [0.25, 0.3) is 0 Å². The molecule has 3 nitrogen and oxygen atoms in total. The molecule has 0 bridgehead atoms. The first-order valence-electron chi connectivity index (χ1n) is 5.70. The van der Waals surface area contributed by atoms with Crippen molar-refractivity contribution in [2.45, 2.75) is 58.5 Å². The number of aliphatic carboxylic acids is 1. The Bertz CT molecular complexity index is 242. The van der Waals surface area contributed by atoms with Crippen molar-refractivity contribution in [1.29, 1.82) is 0 Å². The second-order valence-corrected chi connectivity index (χ2v) is 5.84. The zero-order valence-electron chi connectivity index (χ0n) is 9.92. The standard InChI is InChI=1S/C12H22O3/c1-11(2,3)9-6-4-5-7-12(9,15)8-10(13)14/h9,15H,4-8H2,1-3H3,(H,13,14). The molecule has 2 unspecified atom stereocenters. The van der Waals surface area contributed by atoms with Crippen LogP contribution in [-0.2, 0) is 4.79 Å². The Morgan fingerprint density at radius 3 is 2.47 bits per heavy atom. The van der Waals surface area contributed by atoms with Gasteiger partial charge in [0.1, 0.15) is 0 Å². The quantitative estimate of drug-likeness (QED) is 0.742. The van der Waals surface area contributed by atoms with Crippen LogP contribution >= 0.6 is 0 Å². The predicted molar refractivity (Wildman–Crippen MR) is 58.6 cm³/mol. The van der Waals surface area contributed by atoms with E-state index in [0.29, 0.717) is 6.42 Å². The first-order chi connectivity index (χ1) is 6.76. The van der Waals surface area contributed by atoms with Crippen molar-refractivity contribution in [3.8, 4) is 0 Å². The van der Waals surface area contributed by atoms with Gasteiger partial charge in [-0.3, -0.25) is 4.79 Å². The number of hydrogen-bond acceptors (Lipinski definition) is 2. The second-order valence-electron chi connectivity index (χ2n) is 5.84. The minimum atomic E-state index is -0.998. The number of hydrogen-bond donors (Lipinski definition) is 2. The molecule has 1 aliphatic carbocycles. The van der Waals surface area contributed by atoms with Gasteiger partial charge in [0.05, 0.1) is 12.0 Å². The average Bonchev–Trinajstić information content (AvgIpc) is 1.99. The van der Waals surface area contributed by atoms with E-state index in [1.165, 1.54) is 0 Å². The molecule has 0 aliphatic heterocycles. The molecule has 0 spiro atoms. The molecule has 0 aromatic rings. The molecular formula is C12H22O3. The van der Waals surface area contributed by atoms with Crippen molar-refractivity contribution in [2.75, 3.05) is 0 Å². The third-order valence-electron chi connectivity index (χ3n) is 3.50. The number of carboxylic acids is 1. The molecule has 2 atom stereocenters. The van der Waals surface area contributed by atoms with Crippen molar-refractivity contribution in [3.05, 3.63) is 0 Å². The number of aliphatic hydroxyl groups is 1. The zero-order chi connectivity index (χ0) is 11.7. The maximum Gasteiger partial charge on any atom is 0.306 e. The first kappa shape index (κ1) is 12.5. The van der Waals surface area contributed by atoms with Gasteiger partial charge < -0.3 is 10.2 Å². The molecule has 0 amide bonds. The molecule has 0 saturated heterocycles. The van der Waals surface area contributed by atoms with Gasteiger partial charge >= 0.3 is 5.97 Å². The zero-order valence-corrected chi connectivity index (χ0v) is 9.92. The topological polar surface area (TPSA) is 57.5 Å². The summed E-state index contributed by atoms with van der Waals surface area (Å²) < 4.78 is 0. The van der Waals surface area contributed by atoms with Crippen LogP contribution in [0.5, 0.6) is 0 Å². The maximum atomic E-state index is 10.8. The number of carboxylic acid groups (broad SMARTS) is 1. The third kappa shape index (κ3) is 2.94. The van der Waals surface area contributed by atoms with E-state index >= 15 is 0 Å². The summed E-state index contributed by atoms with van der Waals surface area (Å²) in [5, 5.41) is 19.3. The molecular weight excluding hydrogens is 192 g/mol. The van der Waals surface area contributed by atoms with Crippen molar-refractivity contribution in [3.63, 3.8) is 0 Å². The molecule has 3 heteroatoms. The van der Waals surface area contributed by atoms with Crippen molar-refractivity contribution >= 4 is 5.97 Å².